The molecule has 0 amide bonds. The summed E-state index contributed by atoms with van der Waals surface area (Å²) in [5, 5.41) is 0. The standard InChI is InChI=1S/C9H6Br2/c10-8-4-5-9(11)7-3-1-2-6(7)8/h1-2,4-5H,3H2. The van der Waals surface area contributed by atoms with Gasteiger partial charge >= 0.3 is 0 Å². The van der Waals surface area contributed by atoms with Crippen molar-refractivity contribution < 1.29 is 0 Å². The Kier molecular flexibility index (Phi) is 1.90. The van der Waals surface area contributed by atoms with Gasteiger partial charge in [-0.1, -0.05) is 44.0 Å². The fourth-order valence-electron chi connectivity index (χ4n) is 1.29. The van der Waals surface area contributed by atoms with Crippen LogP contribution in [0.4, 0.5) is 0 Å². The zero-order chi connectivity index (χ0) is 7.84. The van der Waals surface area contributed by atoms with Crippen molar-refractivity contribution in [2.45, 2.75) is 6.42 Å². The fourth-order valence-corrected chi connectivity index (χ4v) is 2.30. The molecule has 0 bridgehead atoms. The van der Waals surface area contributed by atoms with Crippen LogP contribution in [0, 0.1) is 0 Å². The second-order valence-corrected chi connectivity index (χ2v) is 4.24. The topological polar surface area (TPSA) is 0 Å². The van der Waals surface area contributed by atoms with Crippen LogP contribution in [-0.4, -0.2) is 0 Å². The summed E-state index contributed by atoms with van der Waals surface area (Å²) >= 11 is 7.03. The SMILES string of the molecule is Brc1ccc(Br)c2c1C=CC2. The van der Waals surface area contributed by atoms with Crippen LogP contribution in [0.5, 0.6) is 0 Å². The van der Waals surface area contributed by atoms with E-state index in [1.807, 2.05) is 0 Å². The Bertz CT molecular complexity index is 327. The van der Waals surface area contributed by atoms with Gasteiger partial charge in [0, 0.05) is 8.95 Å². The molecule has 0 aromatic heterocycles. The summed E-state index contributed by atoms with van der Waals surface area (Å²) in [7, 11) is 0. The number of rotatable bonds is 0. The van der Waals surface area contributed by atoms with Gasteiger partial charge in [-0.15, -0.1) is 0 Å². The molecule has 0 aliphatic heterocycles. The van der Waals surface area contributed by atoms with Gasteiger partial charge in [0.05, 0.1) is 0 Å². The van der Waals surface area contributed by atoms with Crippen molar-refractivity contribution in [3.05, 3.63) is 38.3 Å². The maximum Gasteiger partial charge on any atom is 0.0251 e. The van der Waals surface area contributed by atoms with Crippen LogP contribution in [0.25, 0.3) is 6.08 Å². The van der Waals surface area contributed by atoms with Gasteiger partial charge in [0.1, 0.15) is 0 Å². The molecule has 0 radical (unpaired) electrons. The highest BCUT2D eigenvalue weighted by Gasteiger charge is 2.10. The second kappa shape index (κ2) is 2.76. The monoisotopic (exact) mass is 272 g/mol. The Labute approximate surface area is 82.6 Å². The minimum atomic E-state index is 1.05. The van der Waals surface area contributed by atoms with Gasteiger partial charge in [0.15, 0.2) is 0 Å². The molecule has 0 saturated carbocycles. The Hall–Kier alpha value is -0.0800. The number of hydrogen-bond donors (Lipinski definition) is 0. The molecule has 0 fully saturated rings. The number of halogens is 2. The highest BCUT2D eigenvalue weighted by atomic mass is 79.9. The quantitative estimate of drug-likeness (QED) is 0.675. The van der Waals surface area contributed by atoms with E-state index in [9.17, 15) is 0 Å². The first-order valence-electron chi connectivity index (χ1n) is 3.42. The van der Waals surface area contributed by atoms with E-state index in [1.54, 1.807) is 0 Å². The lowest BCUT2D eigenvalue weighted by molar-refractivity contribution is 1.28. The van der Waals surface area contributed by atoms with Crippen LogP contribution >= 0.6 is 31.9 Å². The van der Waals surface area contributed by atoms with Crippen LogP contribution in [-0.2, 0) is 6.42 Å². The Balaban J connectivity index is 2.71. The van der Waals surface area contributed by atoms with E-state index < -0.39 is 0 Å². The van der Waals surface area contributed by atoms with E-state index >= 15 is 0 Å². The van der Waals surface area contributed by atoms with Gasteiger partial charge in [0.2, 0.25) is 0 Å². The highest BCUT2D eigenvalue weighted by molar-refractivity contribution is 9.11. The minimum absolute atomic E-state index is 1.05. The summed E-state index contributed by atoms with van der Waals surface area (Å²) < 4.78 is 2.39. The van der Waals surface area contributed by atoms with Crippen molar-refractivity contribution in [3.63, 3.8) is 0 Å². The predicted octanol–water partition coefficient (Wildman–Crippen LogP) is 3.78. The van der Waals surface area contributed by atoms with Crippen molar-refractivity contribution in [2.24, 2.45) is 0 Å². The molecule has 0 unspecified atom stereocenters. The molecule has 1 aromatic carbocycles. The Morgan fingerprint density at radius 2 is 1.82 bits per heavy atom. The molecule has 11 heavy (non-hydrogen) atoms. The van der Waals surface area contributed by atoms with Gasteiger partial charge in [-0.25, -0.2) is 0 Å². The number of hydrogen-bond acceptors (Lipinski definition) is 0. The maximum atomic E-state index is 3.52. The van der Waals surface area contributed by atoms with Crippen molar-refractivity contribution in [2.75, 3.05) is 0 Å². The van der Waals surface area contributed by atoms with E-state index in [0.717, 1.165) is 6.42 Å². The highest BCUT2D eigenvalue weighted by Crippen LogP contribution is 2.32. The number of benzene rings is 1. The average molecular weight is 274 g/mol. The molecule has 0 atom stereocenters. The van der Waals surface area contributed by atoms with Crippen LogP contribution < -0.4 is 0 Å². The third kappa shape index (κ3) is 1.18. The first-order chi connectivity index (χ1) is 5.29. The summed E-state index contributed by atoms with van der Waals surface area (Å²) in [6.45, 7) is 0. The van der Waals surface area contributed by atoms with Gasteiger partial charge in [-0.2, -0.15) is 0 Å². The number of allylic oxidation sites excluding steroid dienone is 1. The first kappa shape index (κ1) is 7.56. The van der Waals surface area contributed by atoms with E-state index in [4.69, 9.17) is 0 Å². The molecule has 0 nitrogen and oxygen atoms in total. The number of fused-ring (bicyclic) bond motifs is 1. The average Bonchev–Trinajstić information content (AvgIpc) is 2.45. The molecular formula is C9H6Br2. The third-order valence-electron chi connectivity index (χ3n) is 1.85. The summed E-state index contributed by atoms with van der Waals surface area (Å²) in [6, 6.07) is 4.15. The molecule has 1 aliphatic rings. The van der Waals surface area contributed by atoms with Crippen molar-refractivity contribution in [1.82, 2.24) is 0 Å². The zero-order valence-electron chi connectivity index (χ0n) is 5.77. The van der Waals surface area contributed by atoms with Gasteiger partial charge in [0.25, 0.3) is 0 Å². The lowest BCUT2D eigenvalue weighted by atomic mass is 10.1. The maximum absolute atomic E-state index is 3.52. The largest absolute Gasteiger partial charge is 0.0794 e. The lowest BCUT2D eigenvalue weighted by Gasteiger charge is -2.03. The van der Waals surface area contributed by atoms with Crippen molar-refractivity contribution in [1.29, 1.82) is 0 Å². The van der Waals surface area contributed by atoms with Crippen molar-refractivity contribution in [3.8, 4) is 0 Å². The van der Waals surface area contributed by atoms with Gasteiger partial charge in [-0.05, 0) is 29.7 Å². The van der Waals surface area contributed by atoms with Crippen LogP contribution in [0.1, 0.15) is 11.1 Å². The summed E-state index contributed by atoms with van der Waals surface area (Å²) in [6.07, 6.45) is 5.39. The molecule has 56 valence electrons. The molecule has 1 aliphatic carbocycles. The summed E-state index contributed by atoms with van der Waals surface area (Å²) in [5.74, 6) is 0. The molecular weight excluding hydrogens is 268 g/mol. The van der Waals surface area contributed by atoms with Crippen LogP contribution in [0.3, 0.4) is 0 Å². The Morgan fingerprint density at radius 1 is 1.09 bits per heavy atom. The normalized spacial score (nSPS) is 13.6. The predicted molar refractivity (Wildman–Crippen MR) is 54.6 cm³/mol. The molecule has 2 heteroatoms. The first-order valence-corrected chi connectivity index (χ1v) is 5.01. The fraction of sp³-hybridized carbons (Fsp3) is 0.111. The van der Waals surface area contributed by atoms with E-state index in [1.165, 1.54) is 20.1 Å². The molecule has 2 rings (SSSR count). The summed E-state index contributed by atoms with van der Waals surface area (Å²) in [5.41, 5.74) is 2.71. The minimum Gasteiger partial charge on any atom is -0.0794 e. The molecule has 0 heterocycles. The Morgan fingerprint density at radius 3 is 2.55 bits per heavy atom. The molecule has 1 aromatic rings. The van der Waals surface area contributed by atoms with E-state index in [0.29, 0.717) is 0 Å². The van der Waals surface area contributed by atoms with E-state index in [2.05, 4.69) is 56.1 Å². The molecule has 0 saturated heterocycles. The van der Waals surface area contributed by atoms with E-state index in [-0.39, 0.29) is 0 Å². The van der Waals surface area contributed by atoms with Crippen LogP contribution in [0.15, 0.2) is 27.2 Å². The zero-order valence-corrected chi connectivity index (χ0v) is 8.94. The smallest absolute Gasteiger partial charge is 0.0251 e. The van der Waals surface area contributed by atoms with Crippen LogP contribution in [0.2, 0.25) is 0 Å². The third-order valence-corrected chi connectivity index (χ3v) is 3.29. The lowest BCUT2D eigenvalue weighted by Crippen LogP contribution is -1.84. The second-order valence-electron chi connectivity index (χ2n) is 2.53. The molecule has 0 N–H and O–H groups in total. The van der Waals surface area contributed by atoms with Gasteiger partial charge < -0.3 is 0 Å². The van der Waals surface area contributed by atoms with Gasteiger partial charge in [-0.3, -0.25) is 0 Å². The molecule has 0 spiro atoms. The summed E-state index contributed by atoms with van der Waals surface area (Å²) in [4.78, 5) is 0. The van der Waals surface area contributed by atoms with Crippen molar-refractivity contribution >= 4 is 37.9 Å².